The Kier molecular flexibility index (Phi) is 7.86. The molecule has 0 spiro atoms. The molecule has 0 fully saturated rings. The van der Waals surface area contributed by atoms with Crippen LogP contribution in [0.15, 0.2) is 16.6 Å². The molecule has 1 rings (SSSR count). The first-order chi connectivity index (χ1) is 9.22. The number of rotatable bonds is 9. The highest BCUT2D eigenvalue weighted by molar-refractivity contribution is 9.10. The molecule has 0 saturated heterocycles. The predicted molar refractivity (Wildman–Crippen MR) is 79.9 cm³/mol. The van der Waals surface area contributed by atoms with Crippen molar-refractivity contribution in [1.82, 2.24) is 5.32 Å². The fourth-order valence-electron chi connectivity index (χ4n) is 1.80. The molecule has 1 aromatic rings. The lowest BCUT2D eigenvalue weighted by atomic mass is 10.1. The summed E-state index contributed by atoms with van der Waals surface area (Å²) in [6.45, 7) is 4.41. The van der Waals surface area contributed by atoms with E-state index in [1.54, 1.807) is 7.11 Å². The molecule has 108 valence electrons. The third-order valence-corrected chi connectivity index (χ3v) is 3.14. The summed E-state index contributed by atoms with van der Waals surface area (Å²) in [5, 5.41) is 12.1. The Morgan fingerprint density at radius 1 is 1.32 bits per heavy atom. The van der Waals surface area contributed by atoms with Gasteiger partial charge < -0.3 is 19.9 Å². The summed E-state index contributed by atoms with van der Waals surface area (Å²) in [5.74, 6) is 1.53. The number of hydrogen-bond donors (Lipinski definition) is 2. The minimum absolute atomic E-state index is 0.247. The minimum Gasteiger partial charge on any atom is -0.493 e. The van der Waals surface area contributed by atoms with Gasteiger partial charge in [0.25, 0.3) is 0 Å². The first kappa shape index (κ1) is 16.3. The SMILES string of the molecule is CCOc1c(CNCCCCO)cc(Br)cc1OC. The topological polar surface area (TPSA) is 50.7 Å². The molecular formula is C14H22BrNO3. The van der Waals surface area contributed by atoms with Crippen molar-refractivity contribution in [1.29, 1.82) is 0 Å². The van der Waals surface area contributed by atoms with Crippen molar-refractivity contribution in [3.63, 3.8) is 0 Å². The molecule has 2 N–H and O–H groups in total. The molecule has 0 atom stereocenters. The number of benzene rings is 1. The highest BCUT2D eigenvalue weighted by Crippen LogP contribution is 2.34. The number of unbranched alkanes of at least 4 members (excludes halogenated alkanes) is 1. The van der Waals surface area contributed by atoms with Crippen molar-refractivity contribution < 1.29 is 14.6 Å². The molecule has 19 heavy (non-hydrogen) atoms. The van der Waals surface area contributed by atoms with Crippen molar-refractivity contribution in [3.05, 3.63) is 22.2 Å². The van der Waals surface area contributed by atoms with E-state index in [9.17, 15) is 0 Å². The van der Waals surface area contributed by atoms with Crippen LogP contribution in [0.3, 0.4) is 0 Å². The highest BCUT2D eigenvalue weighted by Gasteiger charge is 2.11. The van der Waals surface area contributed by atoms with Gasteiger partial charge in [0.05, 0.1) is 13.7 Å². The molecule has 0 aliphatic rings. The lowest BCUT2D eigenvalue weighted by molar-refractivity contribution is 0.283. The molecule has 5 heteroatoms. The van der Waals surface area contributed by atoms with Gasteiger partial charge in [0.1, 0.15) is 0 Å². The zero-order valence-electron chi connectivity index (χ0n) is 11.5. The van der Waals surface area contributed by atoms with Gasteiger partial charge in [0.15, 0.2) is 11.5 Å². The molecule has 0 aliphatic heterocycles. The molecular weight excluding hydrogens is 310 g/mol. The fourth-order valence-corrected chi connectivity index (χ4v) is 2.28. The number of ether oxygens (including phenoxy) is 2. The third-order valence-electron chi connectivity index (χ3n) is 2.68. The molecule has 0 bridgehead atoms. The van der Waals surface area contributed by atoms with Crippen LogP contribution in [0.5, 0.6) is 11.5 Å². The molecule has 0 radical (unpaired) electrons. The summed E-state index contributed by atoms with van der Waals surface area (Å²) in [4.78, 5) is 0. The minimum atomic E-state index is 0.247. The standard InChI is InChI=1S/C14H22BrNO3/c1-3-19-14-11(10-16-6-4-5-7-17)8-12(15)9-13(14)18-2/h8-9,16-17H,3-7,10H2,1-2H3. The lowest BCUT2D eigenvalue weighted by Crippen LogP contribution is -2.16. The molecule has 0 aromatic heterocycles. The Bertz CT molecular complexity index is 385. The largest absolute Gasteiger partial charge is 0.493 e. The summed E-state index contributed by atoms with van der Waals surface area (Å²) in [5.41, 5.74) is 1.07. The zero-order chi connectivity index (χ0) is 14.1. The van der Waals surface area contributed by atoms with E-state index >= 15 is 0 Å². The van der Waals surface area contributed by atoms with Crippen LogP contribution in [0.1, 0.15) is 25.3 Å². The van der Waals surface area contributed by atoms with Crippen LogP contribution in [0, 0.1) is 0 Å². The Labute approximate surface area is 123 Å². The first-order valence-electron chi connectivity index (χ1n) is 6.53. The van der Waals surface area contributed by atoms with E-state index < -0.39 is 0 Å². The van der Waals surface area contributed by atoms with Gasteiger partial charge in [-0.05, 0) is 38.4 Å². The van der Waals surface area contributed by atoms with Gasteiger partial charge in [-0.2, -0.15) is 0 Å². The van der Waals surface area contributed by atoms with Crippen LogP contribution < -0.4 is 14.8 Å². The molecule has 0 unspecified atom stereocenters. The molecule has 1 aromatic carbocycles. The normalized spacial score (nSPS) is 10.5. The van der Waals surface area contributed by atoms with Crippen LogP contribution >= 0.6 is 15.9 Å². The van der Waals surface area contributed by atoms with Gasteiger partial charge in [-0.3, -0.25) is 0 Å². The molecule has 4 nitrogen and oxygen atoms in total. The first-order valence-corrected chi connectivity index (χ1v) is 7.33. The maximum Gasteiger partial charge on any atom is 0.165 e. The third kappa shape index (κ3) is 5.38. The van der Waals surface area contributed by atoms with E-state index in [2.05, 4.69) is 21.2 Å². The van der Waals surface area contributed by atoms with Crippen molar-refractivity contribution in [2.75, 3.05) is 26.9 Å². The summed E-state index contributed by atoms with van der Waals surface area (Å²) in [6, 6.07) is 3.94. The maximum absolute atomic E-state index is 8.73. The van der Waals surface area contributed by atoms with Crippen LogP contribution in [-0.2, 0) is 6.54 Å². The second-order valence-electron chi connectivity index (χ2n) is 4.14. The Balaban J connectivity index is 2.71. The van der Waals surface area contributed by atoms with E-state index in [0.29, 0.717) is 6.61 Å². The smallest absolute Gasteiger partial charge is 0.165 e. The molecule has 0 amide bonds. The number of aliphatic hydroxyl groups is 1. The molecule has 0 saturated carbocycles. The van der Waals surface area contributed by atoms with Crippen molar-refractivity contribution in [3.8, 4) is 11.5 Å². The Morgan fingerprint density at radius 2 is 2.11 bits per heavy atom. The van der Waals surface area contributed by atoms with Gasteiger partial charge in [0, 0.05) is 23.2 Å². The van der Waals surface area contributed by atoms with Crippen molar-refractivity contribution in [2.24, 2.45) is 0 Å². The summed E-state index contributed by atoms with van der Waals surface area (Å²) in [7, 11) is 1.64. The van der Waals surface area contributed by atoms with Gasteiger partial charge in [0.2, 0.25) is 0 Å². The van der Waals surface area contributed by atoms with Gasteiger partial charge in [-0.1, -0.05) is 15.9 Å². The van der Waals surface area contributed by atoms with Gasteiger partial charge in [-0.25, -0.2) is 0 Å². The molecule has 0 heterocycles. The number of halogens is 1. The van der Waals surface area contributed by atoms with Crippen molar-refractivity contribution >= 4 is 15.9 Å². The quantitative estimate of drug-likeness (QED) is 0.683. The number of methoxy groups -OCH3 is 1. The second-order valence-corrected chi connectivity index (χ2v) is 5.05. The van der Waals surface area contributed by atoms with E-state index in [0.717, 1.165) is 47.5 Å². The fraction of sp³-hybridized carbons (Fsp3) is 0.571. The van der Waals surface area contributed by atoms with Gasteiger partial charge >= 0.3 is 0 Å². The summed E-state index contributed by atoms with van der Waals surface area (Å²) >= 11 is 3.48. The van der Waals surface area contributed by atoms with Crippen LogP contribution in [0.25, 0.3) is 0 Å². The Morgan fingerprint density at radius 3 is 2.74 bits per heavy atom. The number of nitrogens with one attached hydrogen (secondary N) is 1. The monoisotopic (exact) mass is 331 g/mol. The summed E-state index contributed by atoms with van der Waals surface area (Å²) in [6.07, 6.45) is 1.79. The van der Waals surface area contributed by atoms with Crippen LogP contribution in [0.2, 0.25) is 0 Å². The van der Waals surface area contributed by atoms with Crippen LogP contribution in [0.4, 0.5) is 0 Å². The second kappa shape index (κ2) is 9.18. The maximum atomic E-state index is 8.73. The number of hydrogen-bond acceptors (Lipinski definition) is 4. The number of aliphatic hydroxyl groups excluding tert-OH is 1. The molecule has 0 aliphatic carbocycles. The predicted octanol–water partition coefficient (Wildman–Crippen LogP) is 2.72. The van der Waals surface area contributed by atoms with E-state index in [4.69, 9.17) is 14.6 Å². The van der Waals surface area contributed by atoms with E-state index in [-0.39, 0.29) is 6.61 Å². The Hall–Kier alpha value is -0.780. The average Bonchev–Trinajstić information content (AvgIpc) is 2.41. The van der Waals surface area contributed by atoms with E-state index in [1.165, 1.54) is 0 Å². The van der Waals surface area contributed by atoms with Crippen LogP contribution in [-0.4, -0.2) is 32.0 Å². The van der Waals surface area contributed by atoms with E-state index in [1.807, 2.05) is 19.1 Å². The van der Waals surface area contributed by atoms with Crippen molar-refractivity contribution in [2.45, 2.75) is 26.3 Å². The van der Waals surface area contributed by atoms with Gasteiger partial charge in [-0.15, -0.1) is 0 Å². The zero-order valence-corrected chi connectivity index (χ0v) is 13.1. The summed E-state index contributed by atoms with van der Waals surface area (Å²) < 4.78 is 12.0. The average molecular weight is 332 g/mol. The lowest BCUT2D eigenvalue weighted by Gasteiger charge is -2.15. The highest BCUT2D eigenvalue weighted by atomic mass is 79.9.